The Labute approximate surface area is 232 Å². The molecular weight excluding hydrogens is 541 g/mol. The van der Waals surface area contributed by atoms with Crippen LogP contribution in [-0.2, 0) is 9.59 Å². The van der Waals surface area contributed by atoms with E-state index in [1.54, 1.807) is 36.3 Å². The summed E-state index contributed by atoms with van der Waals surface area (Å²) in [5.74, 6) is 0.416. The molecule has 0 saturated carbocycles. The number of nitrogens with one attached hydrogen (secondary N) is 1. The number of aryl methyl sites for hydroxylation is 1. The van der Waals surface area contributed by atoms with E-state index < -0.39 is 5.92 Å². The van der Waals surface area contributed by atoms with Crippen molar-refractivity contribution in [3.63, 3.8) is 0 Å². The largest absolute Gasteiger partial charge is 0.497 e. The van der Waals surface area contributed by atoms with Crippen LogP contribution in [0.1, 0.15) is 35.6 Å². The Hall–Kier alpha value is -3.66. The number of nitrogens with zero attached hydrogens (tertiary/aromatic N) is 4. The van der Waals surface area contributed by atoms with Gasteiger partial charge in [0.15, 0.2) is 10.1 Å². The molecule has 3 heterocycles. The Bertz CT molecular complexity index is 1520. The third-order valence-corrected chi connectivity index (χ3v) is 9.47. The van der Waals surface area contributed by atoms with Crippen LogP contribution in [0.3, 0.4) is 0 Å². The van der Waals surface area contributed by atoms with Crippen LogP contribution in [-0.4, -0.2) is 34.8 Å². The number of carbonyl (C=O) groups excluding carboxylic acids is 2. The van der Waals surface area contributed by atoms with E-state index in [1.165, 1.54) is 34.4 Å². The summed E-state index contributed by atoms with van der Waals surface area (Å²) >= 11 is 4.05. The summed E-state index contributed by atoms with van der Waals surface area (Å²) in [5.41, 5.74) is 10.0. The molecule has 5 rings (SSSR count). The van der Waals surface area contributed by atoms with Gasteiger partial charge in [-0.3, -0.25) is 14.5 Å². The minimum atomic E-state index is -0.471. The highest BCUT2D eigenvalue weighted by atomic mass is 32.2. The molecule has 3 N–H and O–H groups in total. The maximum atomic E-state index is 13.2. The molecule has 194 valence electrons. The molecule has 0 bridgehead atoms. The van der Waals surface area contributed by atoms with Crippen LogP contribution in [0, 0.1) is 18.3 Å². The number of hydrogen-bond donors (Lipinski definition) is 2. The van der Waals surface area contributed by atoms with Gasteiger partial charge in [-0.2, -0.15) is 5.26 Å². The molecule has 0 saturated heterocycles. The molecule has 0 radical (unpaired) electrons. The second kappa shape index (κ2) is 11.0. The number of ketones is 1. The first-order chi connectivity index (χ1) is 18.4. The van der Waals surface area contributed by atoms with Crippen molar-refractivity contribution < 1.29 is 14.3 Å². The molecule has 0 spiro atoms. The smallest absolute Gasteiger partial charge is 0.234 e. The van der Waals surface area contributed by atoms with Gasteiger partial charge in [0.2, 0.25) is 11.0 Å². The molecule has 1 aliphatic heterocycles. The van der Waals surface area contributed by atoms with Crippen LogP contribution in [0.15, 0.2) is 62.7 Å². The lowest BCUT2D eigenvalue weighted by molar-refractivity contribution is -0.116. The summed E-state index contributed by atoms with van der Waals surface area (Å²) in [6.07, 6.45) is 1.78. The van der Waals surface area contributed by atoms with Crippen molar-refractivity contribution in [2.45, 2.75) is 36.4 Å². The van der Waals surface area contributed by atoms with Crippen molar-refractivity contribution in [1.82, 2.24) is 10.2 Å². The monoisotopic (exact) mass is 564 g/mol. The molecule has 38 heavy (non-hydrogen) atoms. The number of thioether (sulfide) groups is 1. The van der Waals surface area contributed by atoms with Gasteiger partial charge in [-0.1, -0.05) is 29.2 Å². The maximum Gasteiger partial charge on any atom is 0.234 e. The Balaban J connectivity index is 1.40. The van der Waals surface area contributed by atoms with E-state index in [0.717, 1.165) is 16.1 Å². The number of aromatic nitrogens is 2. The zero-order chi connectivity index (χ0) is 26.8. The average Bonchev–Trinajstić information content (AvgIpc) is 3.56. The number of hydrogen-bond acceptors (Lipinski definition) is 11. The number of carbonyl (C=O) groups is 2. The van der Waals surface area contributed by atoms with Crippen molar-refractivity contribution >= 4 is 56.9 Å². The van der Waals surface area contributed by atoms with Gasteiger partial charge < -0.3 is 15.8 Å². The molecule has 3 aromatic rings. The second-order valence-electron chi connectivity index (χ2n) is 8.70. The fraction of sp³-hybridized carbons (Fsp3) is 0.269. The maximum absolute atomic E-state index is 13.2. The number of anilines is 2. The number of benzene rings is 1. The van der Waals surface area contributed by atoms with E-state index in [1.807, 2.05) is 18.4 Å². The quantitative estimate of drug-likeness (QED) is 0.382. The van der Waals surface area contributed by atoms with Crippen LogP contribution < -0.4 is 20.7 Å². The Morgan fingerprint density at radius 3 is 2.92 bits per heavy atom. The molecule has 1 unspecified atom stereocenters. The van der Waals surface area contributed by atoms with Gasteiger partial charge >= 0.3 is 0 Å². The number of allylic oxidation sites excluding steroid dienone is 3. The molecule has 2 aromatic heterocycles. The summed E-state index contributed by atoms with van der Waals surface area (Å²) in [7, 11) is 1.57. The van der Waals surface area contributed by atoms with Crippen LogP contribution in [0.25, 0.3) is 0 Å². The van der Waals surface area contributed by atoms with Gasteiger partial charge in [-0.05, 0) is 48.9 Å². The van der Waals surface area contributed by atoms with Gasteiger partial charge in [-0.25, -0.2) is 0 Å². The fourth-order valence-electron chi connectivity index (χ4n) is 4.62. The SMILES string of the molecule is COc1cccc(NC(=O)CSc2nnc(N3C(N)=C(C#N)C(c4sccc4C)C4=C3CCCC4=O)s2)c1. The van der Waals surface area contributed by atoms with Crippen LogP contribution in [0.4, 0.5) is 10.8 Å². The zero-order valence-corrected chi connectivity index (χ0v) is 23.1. The number of methoxy groups -OCH3 is 1. The van der Waals surface area contributed by atoms with E-state index in [4.69, 9.17) is 10.5 Å². The number of nitrogens with two attached hydrogens (primary N) is 1. The molecule has 12 heteroatoms. The van der Waals surface area contributed by atoms with E-state index in [2.05, 4.69) is 21.6 Å². The Morgan fingerprint density at radius 1 is 1.34 bits per heavy atom. The Morgan fingerprint density at radius 2 is 2.18 bits per heavy atom. The summed E-state index contributed by atoms with van der Waals surface area (Å²) in [5, 5.41) is 24.0. The summed E-state index contributed by atoms with van der Waals surface area (Å²) in [6.45, 7) is 1.98. The zero-order valence-electron chi connectivity index (χ0n) is 20.7. The van der Waals surface area contributed by atoms with Crippen LogP contribution >= 0.6 is 34.4 Å². The first kappa shape index (κ1) is 26.0. The molecule has 1 aliphatic carbocycles. The van der Waals surface area contributed by atoms with Gasteiger partial charge in [0.1, 0.15) is 11.6 Å². The van der Waals surface area contributed by atoms with E-state index >= 15 is 0 Å². The summed E-state index contributed by atoms with van der Waals surface area (Å²) in [6, 6.07) is 11.4. The van der Waals surface area contributed by atoms with Crippen molar-refractivity contribution in [3.8, 4) is 11.8 Å². The molecule has 1 atom stereocenters. The van der Waals surface area contributed by atoms with Crippen molar-refractivity contribution in [2.75, 3.05) is 23.1 Å². The number of nitriles is 1. The molecule has 1 amide bonds. The predicted octanol–water partition coefficient (Wildman–Crippen LogP) is 4.95. The molecular formula is C26H24N6O3S3. The third-order valence-electron chi connectivity index (χ3n) is 6.34. The highest BCUT2D eigenvalue weighted by Crippen LogP contribution is 2.48. The van der Waals surface area contributed by atoms with Gasteiger partial charge in [0.25, 0.3) is 0 Å². The highest BCUT2D eigenvalue weighted by Gasteiger charge is 2.42. The molecule has 2 aliphatic rings. The number of Topliss-reactive ketones (excluding diaryl/α,β-unsaturated/α-hetero) is 1. The first-order valence-electron chi connectivity index (χ1n) is 11.8. The second-order valence-corrected chi connectivity index (χ2v) is 11.8. The summed E-state index contributed by atoms with van der Waals surface area (Å²) in [4.78, 5) is 28.4. The van der Waals surface area contributed by atoms with E-state index in [0.29, 0.717) is 51.3 Å². The number of ether oxygens (including phenoxy) is 1. The van der Waals surface area contributed by atoms with Crippen molar-refractivity contribution in [1.29, 1.82) is 5.26 Å². The molecule has 9 nitrogen and oxygen atoms in total. The number of amides is 1. The van der Waals surface area contributed by atoms with Gasteiger partial charge in [0.05, 0.1) is 30.4 Å². The minimum absolute atomic E-state index is 0.0302. The first-order valence-corrected chi connectivity index (χ1v) is 14.5. The van der Waals surface area contributed by atoms with Crippen molar-refractivity contribution in [3.05, 3.63) is 68.8 Å². The molecule has 0 fully saturated rings. The fourth-order valence-corrected chi connectivity index (χ4v) is 7.35. The normalized spacial score (nSPS) is 17.3. The number of thiophene rings is 1. The van der Waals surface area contributed by atoms with Crippen molar-refractivity contribution in [2.24, 2.45) is 5.73 Å². The predicted molar refractivity (Wildman–Crippen MR) is 149 cm³/mol. The van der Waals surface area contributed by atoms with Gasteiger partial charge in [-0.15, -0.1) is 21.5 Å². The topological polar surface area (TPSA) is 134 Å². The third kappa shape index (κ3) is 4.92. The number of rotatable bonds is 7. The lowest BCUT2D eigenvalue weighted by Crippen LogP contribution is -2.38. The Kier molecular flexibility index (Phi) is 7.51. The average molecular weight is 565 g/mol. The lowest BCUT2D eigenvalue weighted by atomic mass is 9.78. The summed E-state index contributed by atoms with van der Waals surface area (Å²) < 4.78 is 5.77. The van der Waals surface area contributed by atoms with E-state index in [9.17, 15) is 14.9 Å². The van der Waals surface area contributed by atoms with E-state index in [-0.39, 0.29) is 23.3 Å². The minimum Gasteiger partial charge on any atom is -0.497 e. The molecule has 1 aromatic carbocycles. The lowest BCUT2D eigenvalue weighted by Gasteiger charge is -2.37. The van der Waals surface area contributed by atoms with Crippen LogP contribution in [0.5, 0.6) is 5.75 Å². The van der Waals surface area contributed by atoms with Gasteiger partial charge in [0, 0.05) is 34.3 Å². The standard InChI is InChI=1S/C26H24N6O3S3/c1-14-9-10-36-23(14)21-17(12-27)24(28)32(18-7-4-8-19(33)22(18)21)25-30-31-26(38-25)37-13-20(34)29-15-5-3-6-16(11-15)35-2/h3,5-6,9-11,21H,4,7-8,13,28H2,1-2H3,(H,29,34). The van der Waals surface area contributed by atoms with Crippen LogP contribution in [0.2, 0.25) is 0 Å². The highest BCUT2D eigenvalue weighted by molar-refractivity contribution is 8.01.